The SMILES string of the molecule is CCOc1ccc(NC(SCc2cccc(F)c2)=C(C#N)C(=O)NCc2ccc3c(c2)OCO3)cc1. The van der Waals surface area contributed by atoms with Crippen LogP contribution in [0.15, 0.2) is 77.3 Å². The van der Waals surface area contributed by atoms with Gasteiger partial charge in [0.05, 0.1) is 11.6 Å². The molecule has 0 aliphatic carbocycles. The van der Waals surface area contributed by atoms with Crippen molar-refractivity contribution in [3.63, 3.8) is 0 Å². The van der Waals surface area contributed by atoms with Gasteiger partial charge in [-0.25, -0.2) is 4.39 Å². The molecule has 7 nitrogen and oxygen atoms in total. The van der Waals surface area contributed by atoms with Crippen LogP contribution in [-0.4, -0.2) is 19.3 Å². The molecule has 9 heteroatoms. The quantitative estimate of drug-likeness (QED) is 0.283. The first-order valence-corrected chi connectivity index (χ1v) is 12.2. The summed E-state index contributed by atoms with van der Waals surface area (Å²) in [4.78, 5) is 13.0. The van der Waals surface area contributed by atoms with E-state index in [9.17, 15) is 14.4 Å². The average Bonchev–Trinajstić information content (AvgIpc) is 3.36. The van der Waals surface area contributed by atoms with Gasteiger partial charge >= 0.3 is 0 Å². The molecule has 0 bridgehead atoms. The van der Waals surface area contributed by atoms with Crippen LogP contribution in [0.1, 0.15) is 18.1 Å². The molecule has 3 aromatic carbocycles. The summed E-state index contributed by atoms with van der Waals surface area (Å²) in [5.74, 6) is 1.45. The lowest BCUT2D eigenvalue weighted by atomic mass is 10.2. The van der Waals surface area contributed by atoms with Gasteiger partial charge in [0.15, 0.2) is 11.5 Å². The van der Waals surface area contributed by atoms with E-state index < -0.39 is 5.91 Å². The number of halogens is 1. The number of amides is 1. The molecule has 184 valence electrons. The highest BCUT2D eigenvalue weighted by Crippen LogP contribution is 2.32. The minimum Gasteiger partial charge on any atom is -0.494 e. The molecule has 0 saturated carbocycles. The Bertz CT molecular complexity index is 1310. The third kappa shape index (κ3) is 6.49. The van der Waals surface area contributed by atoms with Crippen LogP contribution in [0.3, 0.4) is 0 Å². The summed E-state index contributed by atoms with van der Waals surface area (Å²) in [5, 5.41) is 16.2. The lowest BCUT2D eigenvalue weighted by Gasteiger charge is -2.14. The zero-order valence-electron chi connectivity index (χ0n) is 19.5. The Balaban J connectivity index is 1.53. The first-order chi connectivity index (χ1) is 17.6. The number of nitrogens with one attached hydrogen (secondary N) is 2. The number of nitrogens with zero attached hydrogens (tertiary/aromatic N) is 1. The Hall–Kier alpha value is -4.16. The molecular weight excluding hydrogens is 481 g/mol. The second kappa shape index (κ2) is 12.0. The molecule has 0 radical (unpaired) electrons. The Morgan fingerprint density at radius 2 is 1.89 bits per heavy atom. The summed E-state index contributed by atoms with van der Waals surface area (Å²) >= 11 is 1.24. The van der Waals surface area contributed by atoms with E-state index >= 15 is 0 Å². The van der Waals surface area contributed by atoms with E-state index in [1.165, 1.54) is 23.9 Å². The van der Waals surface area contributed by atoms with E-state index in [2.05, 4.69) is 10.6 Å². The van der Waals surface area contributed by atoms with E-state index in [1.54, 1.807) is 48.5 Å². The first kappa shape index (κ1) is 24.9. The number of carbonyl (C=O) groups excluding carboxylic acids is 1. The van der Waals surface area contributed by atoms with Gasteiger partial charge in [0, 0.05) is 18.0 Å². The molecule has 36 heavy (non-hydrogen) atoms. The highest BCUT2D eigenvalue weighted by atomic mass is 32.2. The van der Waals surface area contributed by atoms with Gasteiger partial charge in [-0.3, -0.25) is 4.79 Å². The smallest absolute Gasteiger partial charge is 0.264 e. The molecule has 0 unspecified atom stereocenters. The Morgan fingerprint density at radius 1 is 1.08 bits per heavy atom. The molecule has 4 rings (SSSR count). The standard InChI is InChI=1S/C27H24FN3O4S/c1-2-33-22-9-7-21(8-10-22)31-27(36-16-19-4-3-5-20(28)12-19)23(14-29)26(32)30-15-18-6-11-24-25(13-18)35-17-34-24/h3-13,31H,2,15-17H2,1H3,(H,30,32). The van der Waals surface area contributed by atoms with Crippen LogP contribution < -0.4 is 24.8 Å². The van der Waals surface area contributed by atoms with Crippen molar-refractivity contribution in [3.8, 4) is 23.3 Å². The molecule has 2 N–H and O–H groups in total. The van der Waals surface area contributed by atoms with E-state index in [0.29, 0.717) is 40.3 Å². The summed E-state index contributed by atoms with van der Waals surface area (Å²) < 4.78 is 29.8. The van der Waals surface area contributed by atoms with Crippen molar-refractivity contribution < 1.29 is 23.4 Å². The summed E-state index contributed by atoms with van der Waals surface area (Å²) in [6, 6.07) is 20.8. The molecule has 0 spiro atoms. The highest BCUT2D eigenvalue weighted by Gasteiger charge is 2.18. The average molecular weight is 506 g/mol. The lowest BCUT2D eigenvalue weighted by molar-refractivity contribution is -0.117. The predicted octanol–water partition coefficient (Wildman–Crippen LogP) is 5.35. The normalized spacial score (nSPS) is 12.4. The molecule has 0 aromatic heterocycles. The molecule has 0 saturated heterocycles. The van der Waals surface area contributed by atoms with Gasteiger partial charge < -0.3 is 24.8 Å². The molecule has 0 fully saturated rings. The number of benzene rings is 3. The van der Waals surface area contributed by atoms with Crippen molar-refractivity contribution >= 4 is 23.4 Å². The van der Waals surface area contributed by atoms with Crippen molar-refractivity contribution in [1.29, 1.82) is 5.26 Å². The van der Waals surface area contributed by atoms with Crippen LogP contribution >= 0.6 is 11.8 Å². The number of thioether (sulfide) groups is 1. The molecule has 1 amide bonds. The molecule has 1 aliphatic heterocycles. The van der Waals surface area contributed by atoms with Crippen LogP contribution in [0.5, 0.6) is 17.2 Å². The van der Waals surface area contributed by atoms with E-state index in [-0.39, 0.29) is 24.7 Å². The van der Waals surface area contributed by atoms with Crippen molar-refractivity contribution in [2.45, 2.75) is 19.2 Å². The minimum atomic E-state index is -0.532. The largest absolute Gasteiger partial charge is 0.494 e. The Labute approximate surface area is 212 Å². The number of anilines is 1. The maximum atomic E-state index is 13.7. The maximum Gasteiger partial charge on any atom is 0.264 e. The summed E-state index contributed by atoms with van der Waals surface area (Å²) in [5.41, 5.74) is 2.13. The first-order valence-electron chi connectivity index (χ1n) is 11.2. The third-order valence-electron chi connectivity index (χ3n) is 5.15. The van der Waals surface area contributed by atoms with Gasteiger partial charge in [-0.05, 0) is 66.6 Å². The summed E-state index contributed by atoms with van der Waals surface area (Å²) in [7, 11) is 0. The fourth-order valence-electron chi connectivity index (χ4n) is 3.41. The molecule has 3 aromatic rings. The maximum absolute atomic E-state index is 13.7. The molecule has 0 atom stereocenters. The number of hydrogen-bond acceptors (Lipinski definition) is 7. The van der Waals surface area contributed by atoms with Crippen LogP contribution in [-0.2, 0) is 17.1 Å². The number of ether oxygens (including phenoxy) is 3. The lowest BCUT2D eigenvalue weighted by Crippen LogP contribution is -2.25. The zero-order valence-corrected chi connectivity index (χ0v) is 20.4. The highest BCUT2D eigenvalue weighted by molar-refractivity contribution is 8.02. The van der Waals surface area contributed by atoms with Gasteiger partial charge in [-0.15, -0.1) is 11.8 Å². The van der Waals surface area contributed by atoms with Crippen LogP contribution in [0, 0.1) is 17.1 Å². The van der Waals surface area contributed by atoms with Gasteiger partial charge in [-0.1, -0.05) is 18.2 Å². The monoisotopic (exact) mass is 505 g/mol. The number of rotatable bonds is 10. The van der Waals surface area contributed by atoms with Gasteiger partial charge in [0.2, 0.25) is 6.79 Å². The van der Waals surface area contributed by atoms with Gasteiger partial charge in [0.25, 0.3) is 5.91 Å². The number of hydrogen-bond donors (Lipinski definition) is 2. The fraction of sp³-hybridized carbons (Fsp3) is 0.185. The number of nitriles is 1. The fourth-order valence-corrected chi connectivity index (χ4v) is 4.37. The molecular formula is C27H24FN3O4S. The van der Waals surface area contributed by atoms with Crippen molar-refractivity contribution in [2.24, 2.45) is 0 Å². The topological polar surface area (TPSA) is 92.6 Å². The van der Waals surface area contributed by atoms with Crippen molar-refractivity contribution in [1.82, 2.24) is 5.32 Å². The van der Waals surface area contributed by atoms with Gasteiger partial charge in [-0.2, -0.15) is 5.26 Å². The van der Waals surface area contributed by atoms with Crippen LogP contribution in [0.2, 0.25) is 0 Å². The van der Waals surface area contributed by atoms with Gasteiger partial charge in [0.1, 0.15) is 23.2 Å². The predicted molar refractivity (Wildman–Crippen MR) is 136 cm³/mol. The number of carbonyl (C=O) groups is 1. The molecule has 1 aliphatic rings. The second-order valence-corrected chi connectivity index (χ2v) is 8.67. The van der Waals surface area contributed by atoms with Crippen molar-refractivity contribution in [2.75, 3.05) is 18.7 Å². The molecule has 1 heterocycles. The van der Waals surface area contributed by atoms with E-state index in [1.807, 2.05) is 19.1 Å². The third-order valence-corrected chi connectivity index (χ3v) is 6.22. The second-order valence-electron chi connectivity index (χ2n) is 7.69. The van der Waals surface area contributed by atoms with Crippen molar-refractivity contribution in [3.05, 3.63) is 94.3 Å². The van der Waals surface area contributed by atoms with E-state index in [4.69, 9.17) is 14.2 Å². The Kier molecular flexibility index (Phi) is 8.32. The zero-order chi connectivity index (χ0) is 25.3. The van der Waals surface area contributed by atoms with Crippen LogP contribution in [0.25, 0.3) is 0 Å². The van der Waals surface area contributed by atoms with Crippen LogP contribution in [0.4, 0.5) is 10.1 Å². The summed E-state index contributed by atoms with van der Waals surface area (Å²) in [6.45, 7) is 2.81. The minimum absolute atomic E-state index is 0.0777. The number of fused-ring (bicyclic) bond motifs is 1. The Morgan fingerprint density at radius 3 is 2.64 bits per heavy atom. The summed E-state index contributed by atoms with van der Waals surface area (Å²) in [6.07, 6.45) is 0. The van der Waals surface area contributed by atoms with E-state index in [0.717, 1.165) is 11.1 Å².